The van der Waals surface area contributed by atoms with Gasteiger partial charge in [0.05, 0.1) is 40.3 Å². The summed E-state index contributed by atoms with van der Waals surface area (Å²) in [4.78, 5) is 18.3. The molecule has 9 heteroatoms. The van der Waals surface area contributed by atoms with E-state index in [1.807, 2.05) is 64.1 Å². The van der Waals surface area contributed by atoms with Gasteiger partial charge in [0.1, 0.15) is 0 Å². The highest BCUT2D eigenvalue weighted by molar-refractivity contribution is 6.06. The lowest BCUT2D eigenvalue weighted by Gasteiger charge is -2.16. The number of aryl methyl sites for hydroxylation is 5. The molecule has 0 unspecified atom stereocenters. The number of hydrogen-bond acceptors (Lipinski definition) is 5. The number of aromatic nitrogens is 7. The highest BCUT2D eigenvalue weighted by Gasteiger charge is 2.23. The van der Waals surface area contributed by atoms with Crippen molar-refractivity contribution in [3.63, 3.8) is 0 Å². The third-order valence-electron chi connectivity index (χ3n) is 6.23. The number of amides is 1. The van der Waals surface area contributed by atoms with Crippen molar-refractivity contribution >= 4 is 16.9 Å². The molecular formula is C23H30N8O. The van der Waals surface area contributed by atoms with Crippen LogP contribution >= 0.6 is 0 Å². The maximum atomic E-state index is 13.5. The summed E-state index contributed by atoms with van der Waals surface area (Å²) < 4.78 is 5.49. The largest absolute Gasteiger partial charge is 0.345 e. The van der Waals surface area contributed by atoms with E-state index in [9.17, 15) is 4.79 Å². The van der Waals surface area contributed by atoms with Crippen molar-refractivity contribution in [1.29, 1.82) is 0 Å². The van der Waals surface area contributed by atoms with E-state index in [0.717, 1.165) is 51.5 Å². The van der Waals surface area contributed by atoms with Gasteiger partial charge in [0, 0.05) is 43.2 Å². The lowest BCUT2D eigenvalue weighted by Crippen LogP contribution is -2.27. The smallest absolute Gasteiger partial charge is 0.252 e. The zero-order chi connectivity index (χ0) is 23.3. The Kier molecular flexibility index (Phi) is 5.36. The number of carbonyl (C=O) groups is 1. The predicted molar refractivity (Wildman–Crippen MR) is 123 cm³/mol. The first kappa shape index (κ1) is 21.7. The predicted octanol–water partition coefficient (Wildman–Crippen LogP) is 3.31. The molecule has 0 spiro atoms. The van der Waals surface area contributed by atoms with Crippen LogP contribution in [0.2, 0.25) is 0 Å². The van der Waals surface area contributed by atoms with Crippen LogP contribution in [0.3, 0.4) is 0 Å². The number of nitrogens with zero attached hydrogens (tertiary/aromatic N) is 7. The Labute approximate surface area is 187 Å². The van der Waals surface area contributed by atoms with Gasteiger partial charge < -0.3 is 5.32 Å². The Morgan fingerprint density at radius 3 is 2.38 bits per heavy atom. The van der Waals surface area contributed by atoms with Crippen LogP contribution in [0, 0.1) is 27.7 Å². The van der Waals surface area contributed by atoms with Gasteiger partial charge in [-0.15, -0.1) is 0 Å². The third-order valence-corrected chi connectivity index (χ3v) is 6.23. The summed E-state index contributed by atoms with van der Waals surface area (Å²) >= 11 is 0. The zero-order valence-corrected chi connectivity index (χ0v) is 20.0. The molecule has 1 N–H and O–H groups in total. The first-order valence-corrected chi connectivity index (χ1v) is 10.8. The first-order valence-electron chi connectivity index (χ1n) is 10.8. The van der Waals surface area contributed by atoms with Gasteiger partial charge in [0.2, 0.25) is 0 Å². The second-order valence-electron chi connectivity index (χ2n) is 8.33. The molecule has 9 nitrogen and oxygen atoms in total. The molecule has 0 saturated heterocycles. The van der Waals surface area contributed by atoms with E-state index in [2.05, 4.69) is 27.5 Å². The number of hydrogen-bond donors (Lipinski definition) is 1. The molecule has 0 aliphatic carbocycles. The van der Waals surface area contributed by atoms with Gasteiger partial charge in [0.15, 0.2) is 5.65 Å². The Balaban J connectivity index is 1.80. The standard InChI is InChI=1S/C23H30N8O/c1-9-31-16(6)21(14(4)28-31)19-10-17(18-11-24-30(8)22(18)26-19)23(32)25-12(2)20-13(3)27-29(7)15(20)5/h10-12H,9H2,1-8H3,(H,25,32)/t12-/m1/s1. The number of nitrogens with one attached hydrogen (secondary N) is 1. The van der Waals surface area contributed by atoms with Crippen molar-refractivity contribution in [1.82, 2.24) is 39.6 Å². The molecule has 32 heavy (non-hydrogen) atoms. The second kappa shape index (κ2) is 7.89. The van der Waals surface area contributed by atoms with Crippen molar-refractivity contribution < 1.29 is 4.79 Å². The normalized spacial score (nSPS) is 12.5. The molecular weight excluding hydrogens is 404 g/mol. The second-order valence-corrected chi connectivity index (χ2v) is 8.33. The highest BCUT2D eigenvalue weighted by atomic mass is 16.1. The molecule has 0 aliphatic heterocycles. The van der Waals surface area contributed by atoms with Crippen molar-refractivity contribution in [2.24, 2.45) is 14.1 Å². The lowest BCUT2D eigenvalue weighted by atomic mass is 10.0. The summed E-state index contributed by atoms with van der Waals surface area (Å²) in [6, 6.07) is 1.66. The summed E-state index contributed by atoms with van der Waals surface area (Å²) in [6.45, 7) is 12.8. The van der Waals surface area contributed by atoms with Crippen LogP contribution < -0.4 is 5.32 Å². The molecule has 1 atom stereocenters. The monoisotopic (exact) mass is 434 g/mol. The number of carbonyl (C=O) groups excluding carboxylic acids is 1. The maximum absolute atomic E-state index is 13.5. The molecule has 4 aromatic rings. The average Bonchev–Trinajstić information content (AvgIpc) is 3.34. The number of pyridine rings is 1. The van der Waals surface area contributed by atoms with Gasteiger partial charge in [-0.3, -0.25) is 18.8 Å². The molecule has 4 heterocycles. The molecule has 0 aromatic carbocycles. The van der Waals surface area contributed by atoms with Crippen LogP contribution in [-0.4, -0.2) is 40.2 Å². The van der Waals surface area contributed by atoms with Crippen LogP contribution in [0.25, 0.3) is 22.3 Å². The van der Waals surface area contributed by atoms with Crippen molar-refractivity contribution in [3.8, 4) is 11.3 Å². The van der Waals surface area contributed by atoms with Gasteiger partial charge in [-0.1, -0.05) is 0 Å². The topological polar surface area (TPSA) is 95.5 Å². The van der Waals surface area contributed by atoms with Crippen molar-refractivity contribution in [2.45, 2.75) is 54.1 Å². The van der Waals surface area contributed by atoms with E-state index >= 15 is 0 Å². The molecule has 0 bridgehead atoms. The van der Waals surface area contributed by atoms with Crippen LogP contribution in [-0.2, 0) is 20.6 Å². The Hall–Kier alpha value is -3.49. The molecule has 1 amide bonds. The number of fused-ring (bicyclic) bond motifs is 1. The fourth-order valence-electron chi connectivity index (χ4n) is 4.57. The van der Waals surface area contributed by atoms with Crippen molar-refractivity contribution in [2.75, 3.05) is 0 Å². The van der Waals surface area contributed by atoms with Gasteiger partial charge in [0.25, 0.3) is 5.91 Å². The highest BCUT2D eigenvalue weighted by Crippen LogP contribution is 2.30. The molecule has 0 aliphatic rings. The van der Waals surface area contributed by atoms with Gasteiger partial charge >= 0.3 is 0 Å². The summed E-state index contributed by atoms with van der Waals surface area (Å²) in [5.74, 6) is -0.167. The summed E-state index contributed by atoms with van der Waals surface area (Å²) in [5.41, 5.74) is 7.80. The van der Waals surface area contributed by atoms with Crippen LogP contribution in [0.4, 0.5) is 0 Å². The van der Waals surface area contributed by atoms with E-state index in [4.69, 9.17) is 4.98 Å². The number of rotatable bonds is 5. The van der Waals surface area contributed by atoms with Crippen LogP contribution in [0.5, 0.6) is 0 Å². The molecule has 4 aromatic heterocycles. The van der Waals surface area contributed by atoms with Gasteiger partial charge in [-0.25, -0.2) is 4.98 Å². The minimum absolute atomic E-state index is 0.167. The van der Waals surface area contributed by atoms with E-state index in [-0.39, 0.29) is 11.9 Å². The average molecular weight is 435 g/mol. The van der Waals surface area contributed by atoms with Crippen LogP contribution in [0.1, 0.15) is 58.6 Å². The fourth-order valence-corrected chi connectivity index (χ4v) is 4.57. The summed E-state index contributed by atoms with van der Waals surface area (Å²) in [6.07, 6.45) is 1.70. The van der Waals surface area contributed by atoms with E-state index < -0.39 is 0 Å². The minimum Gasteiger partial charge on any atom is -0.345 e. The summed E-state index contributed by atoms with van der Waals surface area (Å²) in [7, 11) is 3.75. The maximum Gasteiger partial charge on any atom is 0.252 e. The SMILES string of the molecule is CCn1nc(C)c(-c2cc(C(=O)N[C@H](C)c3c(C)nn(C)c3C)c3cnn(C)c3n2)c1C. The van der Waals surface area contributed by atoms with E-state index in [0.29, 0.717) is 11.2 Å². The molecule has 4 rings (SSSR count). The summed E-state index contributed by atoms with van der Waals surface area (Å²) in [5, 5.41) is 17.3. The van der Waals surface area contributed by atoms with Crippen molar-refractivity contribution in [3.05, 3.63) is 46.2 Å². The quantitative estimate of drug-likeness (QED) is 0.520. The fraction of sp³-hybridized carbons (Fsp3) is 0.435. The zero-order valence-electron chi connectivity index (χ0n) is 20.0. The Morgan fingerprint density at radius 2 is 1.78 bits per heavy atom. The molecule has 0 radical (unpaired) electrons. The third kappa shape index (κ3) is 3.37. The lowest BCUT2D eigenvalue weighted by molar-refractivity contribution is 0.0941. The van der Waals surface area contributed by atoms with E-state index in [1.54, 1.807) is 10.9 Å². The minimum atomic E-state index is -0.189. The Morgan fingerprint density at radius 1 is 1.06 bits per heavy atom. The molecule has 0 saturated carbocycles. The Bertz CT molecular complexity index is 1340. The van der Waals surface area contributed by atoms with E-state index in [1.165, 1.54) is 0 Å². The van der Waals surface area contributed by atoms with Crippen LogP contribution in [0.15, 0.2) is 12.3 Å². The molecule has 168 valence electrons. The molecule has 0 fully saturated rings. The van der Waals surface area contributed by atoms with Gasteiger partial charge in [-0.2, -0.15) is 15.3 Å². The first-order chi connectivity index (χ1) is 15.1. The van der Waals surface area contributed by atoms with Gasteiger partial charge in [-0.05, 0) is 47.6 Å².